The molecule has 0 spiro atoms. The fourth-order valence-electron chi connectivity index (χ4n) is 7.91. The van der Waals surface area contributed by atoms with Crippen molar-refractivity contribution in [2.45, 2.75) is 262 Å². The third kappa shape index (κ3) is 30.8. The van der Waals surface area contributed by atoms with E-state index in [4.69, 9.17) is 9.47 Å². The molecule has 8 N–H and O–H groups in total. The maximum atomic E-state index is 13.1. The normalized spacial score (nSPS) is 21.6. The molecule has 1 amide bonds. The standard InChI is InChI=1S/C52H95NO10/c1-3-5-7-9-11-13-15-17-19-21-22-23-24-26-28-30-32-34-36-38-40-45(56)51(61)53-43(42-62-52-50(60)49(59)48(58)46(41-54)63-52)47(57)44(55)39-37-35-33-31-29-27-25-20-18-16-14-12-10-8-6-4-2/h5,7,11,13,20,25,31,33,43-50,52,54-60H,3-4,6,8-10,12,14-19,21-24,26-30,32,34-42H2,1-2H3,(H,53,61)/b7-5-,13-11-,25-20+,33-31+. The lowest BCUT2D eigenvalue weighted by atomic mass is 9.98. The molecule has 0 aromatic carbocycles. The van der Waals surface area contributed by atoms with Crippen molar-refractivity contribution in [2.24, 2.45) is 0 Å². The number of unbranched alkanes of at least 4 members (excludes halogenated alkanes) is 22. The maximum Gasteiger partial charge on any atom is 0.249 e. The Labute approximate surface area is 383 Å². The smallest absolute Gasteiger partial charge is 0.249 e. The van der Waals surface area contributed by atoms with E-state index in [1.807, 2.05) is 0 Å². The van der Waals surface area contributed by atoms with E-state index in [0.29, 0.717) is 19.3 Å². The van der Waals surface area contributed by atoms with Crippen LogP contribution in [0.3, 0.4) is 0 Å². The molecule has 11 nitrogen and oxygen atoms in total. The zero-order chi connectivity index (χ0) is 46.2. The molecule has 0 saturated carbocycles. The van der Waals surface area contributed by atoms with E-state index in [-0.39, 0.29) is 12.8 Å². The molecule has 0 aromatic heterocycles. The molecule has 1 rings (SSSR count). The van der Waals surface area contributed by atoms with E-state index in [1.54, 1.807) is 0 Å². The summed E-state index contributed by atoms with van der Waals surface area (Å²) >= 11 is 0. The van der Waals surface area contributed by atoms with Crippen molar-refractivity contribution < 1.29 is 50.0 Å². The molecule has 63 heavy (non-hydrogen) atoms. The van der Waals surface area contributed by atoms with Crippen LogP contribution in [0.5, 0.6) is 0 Å². The number of nitrogens with one attached hydrogen (secondary N) is 1. The third-order valence-electron chi connectivity index (χ3n) is 12.1. The largest absolute Gasteiger partial charge is 0.394 e. The molecule has 1 aliphatic rings. The third-order valence-corrected chi connectivity index (χ3v) is 12.1. The van der Waals surface area contributed by atoms with Crippen LogP contribution in [-0.2, 0) is 14.3 Å². The highest BCUT2D eigenvalue weighted by Gasteiger charge is 2.44. The van der Waals surface area contributed by atoms with Gasteiger partial charge in [-0.05, 0) is 77.0 Å². The van der Waals surface area contributed by atoms with Gasteiger partial charge in [0.1, 0.15) is 36.6 Å². The van der Waals surface area contributed by atoms with E-state index >= 15 is 0 Å². The molecule has 0 aliphatic carbocycles. The van der Waals surface area contributed by atoms with Crippen LogP contribution in [-0.4, -0.2) is 110 Å². The minimum absolute atomic E-state index is 0.245. The van der Waals surface area contributed by atoms with Crippen LogP contribution in [0.1, 0.15) is 206 Å². The average Bonchev–Trinajstić information content (AvgIpc) is 3.28. The van der Waals surface area contributed by atoms with Gasteiger partial charge in [-0.2, -0.15) is 0 Å². The van der Waals surface area contributed by atoms with Crippen LogP contribution in [0, 0.1) is 0 Å². The molecule has 0 radical (unpaired) electrons. The second-order valence-electron chi connectivity index (χ2n) is 17.8. The molecule has 1 heterocycles. The minimum atomic E-state index is -1.67. The van der Waals surface area contributed by atoms with Crippen molar-refractivity contribution in [3.63, 3.8) is 0 Å². The van der Waals surface area contributed by atoms with Gasteiger partial charge in [-0.15, -0.1) is 0 Å². The first-order valence-corrected chi connectivity index (χ1v) is 25.5. The number of rotatable bonds is 42. The van der Waals surface area contributed by atoms with Crippen LogP contribution in [0.4, 0.5) is 0 Å². The first-order valence-electron chi connectivity index (χ1n) is 25.5. The van der Waals surface area contributed by atoms with Crippen LogP contribution in [0.25, 0.3) is 0 Å². The van der Waals surface area contributed by atoms with Gasteiger partial charge in [0.15, 0.2) is 6.29 Å². The number of aliphatic hydroxyl groups excluding tert-OH is 7. The summed E-state index contributed by atoms with van der Waals surface area (Å²) in [6.07, 6.45) is 38.7. The Kier molecular flexibility index (Phi) is 38.9. The van der Waals surface area contributed by atoms with Crippen molar-refractivity contribution in [3.8, 4) is 0 Å². The lowest BCUT2D eigenvalue weighted by Crippen LogP contribution is -2.60. The van der Waals surface area contributed by atoms with Crippen LogP contribution < -0.4 is 5.32 Å². The van der Waals surface area contributed by atoms with Gasteiger partial charge in [-0.3, -0.25) is 4.79 Å². The van der Waals surface area contributed by atoms with Gasteiger partial charge in [0.2, 0.25) is 5.91 Å². The first-order chi connectivity index (χ1) is 30.7. The predicted octanol–water partition coefficient (Wildman–Crippen LogP) is 9.34. The van der Waals surface area contributed by atoms with Crippen molar-refractivity contribution in [3.05, 3.63) is 48.6 Å². The van der Waals surface area contributed by atoms with Crippen molar-refractivity contribution >= 4 is 5.91 Å². The molecule has 0 aromatic rings. The quantitative estimate of drug-likeness (QED) is 0.0217. The SMILES string of the molecule is CC/C=C\C/C=C\CCCCCCCCCCCCCCCC(O)C(=O)NC(COC1OC(CO)C(O)C(O)C1O)C(O)C(O)CCC/C=C/CC/C=C/CCCCCCCCC. The van der Waals surface area contributed by atoms with E-state index in [9.17, 15) is 40.5 Å². The van der Waals surface area contributed by atoms with Crippen molar-refractivity contribution in [2.75, 3.05) is 13.2 Å². The summed E-state index contributed by atoms with van der Waals surface area (Å²) in [5.41, 5.74) is 0. The Balaban J connectivity index is 2.41. The van der Waals surface area contributed by atoms with E-state index < -0.39 is 74.2 Å². The zero-order valence-corrected chi connectivity index (χ0v) is 39.8. The van der Waals surface area contributed by atoms with E-state index in [2.05, 4.69) is 67.8 Å². The summed E-state index contributed by atoms with van der Waals surface area (Å²) in [5, 5.41) is 75.8. The average molecular weight is 894 g/mol. The topological polar surface area (TPSA) is 189 Å². The fraction of sp³-hybridized carbons (Fsp3) is 0.827. The van der Waals surface area contributed by atoms with Gasteiger partial charge in [0.25, 0.3) is 0 Å². The molecule has 9 unspecified atom stereocenters. The highest BCUT2D eigenvalue weighted by atomic mass is 16.7. The van der Waals surface area contributed by atoms with Gasteiger partial charge in [0, 0.05) is 0 Å². The minimum Gasteiger partial charge on any atom is -0.394 e. The van der Waals surface area contributed by atoms with E-state index in [0.717, 1.165) is 51.4 Å². The first kappa shape index (κ1) is 59.1. The Morgan fingerprint density at radius 2 is 1.05 bits per heavy atom. The number of allylic oxidation sites excluding steroid dienone is 8. The van der Waals surface area contributed by atoms with Crippen LogP contribution in [0.15, 0.2) is 48.6 Å². The highest BCUT2D eigenvalue weighted by molar-refractivity contribution is 5.80. The molecule has 368 valence electrons. The second-order valence-corrected chi connectivity index (χ2v) is 17.8. The molecule has 11 heteroatoms. The van der Waals surface area contributed by atoms with Crippen molar-refractivity contribution in [1.82, 2.24) is 5.32 Å². The Morgan fingerprint density at radius 3 is 1.59 bits per heavy atom. The summed E-state index contributed by atoms with van der Waals surface area (Å²) in [6.45, 7) is 3.32. The number of amides is 1. The zero-order valence-electron chi connectivity index (χ0n) is 39.8. The number of carbonyl (C=O) groups is 1. The van der Waals surface area contributed by atoms with E-state index in [1.165, 1.54) is 109 Å². The second kappa shape index (κ2) is 41.5. The summed E-state index contributed by atoms with van der Waals surface area (Å²) in [4.78, 5) is 13.1. The lowest BCUT2D eigenvalue weighted by Gasteiger charge is -2.40. The van der Waals surface area contributed by atoms with Crippen molar-refractivity contribution in [1.29, 1.82) is 0 Å². The number of hydrogen-bond acceptors (Lipinski definition) is 10. The van der Waals surface area contributed by atoms with Crippen LogP contribution >= 0.6 is 0 Å². The molecule has 1 aliphatic heterocycles. The number of hydrogen-bond donors (Lipinski definition) is 8. The highest BCUT2D eigenvalue weighted by Crippen LogP contribution is 2.23. The predicted molar refractivity (Wildman–Crippen MR) is 256 cm³/mol. The Bertz CT molecular complexity index is 1160. The molecular formula is C52H95NO10. The monoisotopic (exact) mass is 894 g/mol. The van der Waals surface area contributed by atoms with Gasteiger partial charge in [-0.25, -0.2) is 0 Å². The van der Waals surface area contributed by atoms with Gasteiger partial charge >= 0.3 is 0 Å². The number of aliphatic hydroxyl groups is 7. The van der Waals surface area contributed by atoms with Crippen LogP contribution in [0.2, 0.25) is 0 Å². The molecule has 1 saturated heterocycles. The molecule has 1 fully saturated rings. The number of ether oxygens (including phenoxy) is 2. The Morgan fingerprint density at radius 1 is 0.571 bits per heavy atom. The molecular weight excluding hydrogens is 799 g/mol. The maximum absolute atomic E-state index is 13.1. The van der Waals surface area contributed by atoms with Gasteiger partial charge in [0.05, 0.1) is 25.4 Å². The Hall–Kier alpha value is -1.93. The van der Waals surface area contributed by atoms with Gasteiger partial charge < -0.3 is 50.5 Å². The molecule has 0 bridgehead atoms. The lowest BCUT2D eigenvalue weighted by molar-refractivity contribution is -0.303. The summed E-state index contributed by atoms with van der Waals surface area (Å²) < 4.78 is 11.1. The number of carbonyl (C=O) groups excluding carboxylic acids is 1. The fourth-order valence-corrected chi connectivity index (χ4v) is 7.91. The molecule has 9 atom stereocenters. The summed E-state index contributed by atoms with van der Waals surface area (Å²) in [6, 6.07) is -1.19. The van der Waals surface area contributed by atoms with Gasteiger partial charge in [-0.1, -0.05) is 178 Å². The summed E-state index contributed by atoms with van der Waals surface area (Å²) in [5.74, 6) is -0.713. The summed E-state index contributed by atoms with van der Waals surface area (Å²) in [7, 11) is 0.